The van der Waals surface area contributed by atoms with E-state index in [2.05, 4.69) is 4.72 Å². The summed E-state index contributed by atoms with van der Waals surface area (Å²) in [4.78, 5) is 12.5. The molecule has 0 spiro atoms. The number of aliphatic hydroxyl groups is 1. The van der Waals surface area contributed by atoms with Crippen molar-refractivity contribution in [3.05, 3.63) is 65.2 Å². The lowest BCUT2D eigenvalue weighted by atomic mass is 10.1. The molecular weight excluding hydrogens is 378 g/mol. The molecule has 0 unspecified atom stereocenters. The summed E-state index contributed by atoms with van der Waals surface area (Å²) < 4.78 is 34.1. The number of carbonyl (C=O) groups is 1. The fraction of sp³-hybridized carbons (Fsp3) is 0.381. The van der Waals surface area contributed by atoms with Crippen molar-refractivity contribution in [2.45, 2.75) is 50.3 Å². The molecular formula is C21H25NO5S. The van der Waals surface area contributed by atoms with Gasteiger partial charge in [0.15, 0.2) is 0 Å². The van der Waals surface area contributed by atoms with Crippen LogP contribution < -0.4 is 4.72 Å². The van der Waals surface area contributed by atoms with E-state index in [1.54, 1.807) is 31.2 Å². The first-order valence-electron chi connectivity index (χ1n) is 9.24. The summed E-state index contributed by atoms with van der Waals surface area (Å²) in [6, 6.07) is 13.3. The van der Waals surface area contributed by atoms with Crippen LogP contribution in [0.3, 0.4) is 0 Å². The molecule has 150 valence electrons. The number of hydrogen-bond acceptors (Lipinski definition) is 5. The Morgan fingerprint density at radius 2 is 1.79 bits per heavy atom. The number of hydrogen-bond donors (Lipinski definition) is 2. The second kappa shape index (κ2) is 8.03. The van der Waals surface area contributed by atoms with E-state index >= 15 is 0 Å². The topological polar surface area (TPSA) is 92.7 Å². The van der Waals surface area contributed by atoms with Crippen LogP contribution in [0.2, 0.25) is 0 Å². The summed E-state index contributed by atoms with van der Waals surface area (Å²) in [6.07, 6.45) is -1.11. The van der Waals surface area contributed by atoms with Crippen LogP contribution in [0.25, 0.3) is 0 Å². The van der Waals surface area contributed by atoms with Crippen molar-refractivity contribution in [3.63, 3.8) is 0 Å². The Balaban J connectivity index is 1.88. The van der Waals surface area contributed by atoms with Crippen LogP contribution in [0.1, 0.15) is 36.6 Å². The first-order valence-corrected chi connectivity index (χ1v) is 10.7. The van der Waals surface area contributed by atoms with E-state index in [9.17, 15) is 18.3 Å². The van der Waals surface area contributed by atoms with Crippen molar-refractivity contribution in [3.8, 4) is 0 Å². The van der Waals surface area contributed by atoms with Crippen molar-refractivity contribution in [2.24, 2.45) is 5.92 Å². The molecule has 1 aliphatic rings. The largest absolute Gasteiger partial charge is 0.460 e. The molecule has 0 aliphatic heterocycles. The third-order valence-electron chi connectivity index (χ3n) is 5.16. The third-order valence-corrected chi connectivity index (χ3v) is 6.62. The highest BCUT2D eigenvalue weighted by Gasteiger charge is 2.39. The van der Waals surface area contributed by atoms with Gasteiger partial charge in [0, 0.05) is 6.42 Å². The van der Waals surface area contributed by atoms with Crippen molar-refractivity contribution in [1.29, 1.82) is 0 Å². The quantitative estimate of drug-likeness (QED) is 0.723. The number of ether oxygens (including phenoxy) is 1. The van der Waals surface area contributed by atoms with Gasteiger partial charge in [0.1, 0.15) is 6.10 Å². The van der Waals surface area contributed by atoms with Gasteiger partial charge in [-0.25, -0.2) is 8.42 Å². The molecule has 0 aromatic heterocycles. The number of rotatable bonds is 6. The summed E-state index contributed by atoms with van der Waals surface area (Å²) in [5, 5.41) is 9.65. The number of carbonyl (C=O) groups excluding carboxylic acids is 1. The number of fused-ring (bicyclic) bond motifs is 1. The third kappa shape index (κ3) is 4.27. The van der Waals surface area contributed by atoms with E-state index in [0.717, 1.165) is 16.7 Å². The average molecular weight is 404 g/mol. The van der Waals surface area contributed by atoms with Crippen LogP contribution in [0.15, 0.2) is 53.4 Å². The van der Waals surface area contributed by atoms with Gasteiger partial charge in [-0.05, 0) is 44.0 Å². The molecule has 2 aromatic carbocycles. The summed E-state index contributed by atoms with van der Waals surface area (Å²) in [7, 11) is -3.80. The number of esters is 1. The van der Waals surface area contributed by atoms with Gasteiger partial charge in [-0.3, -0.25) is 4.79 Å². The predicted molar refractivity (Wildman–Crippen MR) is 105 cm³/mol. The highest BCUT2D eigenvalue weighted by atomic mass is 32.2. The standard InChI is InChI=1S/C21H25NO5S/c1-13-8-10-17(11-9-13)28(25,26)22-20-18-7-5-4-6-16(18)12-19(20)27-21(24)14(2)15(3)23/h4-11,14-15,19-20,22-23H,12H2,1-3H3/t14-,15-,19+,20+/m0/s1. The summed E-state index contributed by atoms with van der Waals surface area (Å²) in [5.74, 6) is -1.24. The molecule has 6 nitrogen and oxygen atoms in total. The van der Waals surface area contributed by atoms with E-state index in [1.165, 1.54) is 6.92 Å². The lowest BCUT2D eigenvalue weighted by Crippen LogP contribution is -2.38. The van der Waals surface area contributed by atoms with Crippen LogP contribution in [-0.2, 0) is 26.0 Å². The summed E-state index contributed by atoms with van der Waals surface area (Å²) in [6.45, 7) is 4.99. The normalized spacial score (nSPS) is 21.0. The lowest BCUT2D eigenvalue weighted by Gasteiger charge is -2.24. The average Bonchev–Trinajstić information content (AvgIpc) is 2.98. The van der Waals surface area contributed by atoms with Crippen molar-refractivity contribution < 1.29 is 23.1 Å². The molecule has 28 heavy (non-hydrogen) atoms. The number of aliphatic hydroxyl groups excluding tert-OH is 1. The molecule has 0 amide bonds. The first kappa shape index (κ1) is 20.5. The Bertz CT molecular complexity index is 953. The second-order valence-electron chi connectivity index (χ2n) is 7.32. The van der Waals surface area contributed by atoms with Crippen molar-refractivity contribution >= 4 is 16.0 Å². The molecule has 0 heterocycles. The van der Waals surface area contributed by atoms with Gasteiger partial charge in [0.25, 0.3) is 0 Å². The van der Waals surface area contributed by atoms with Crippen LogP contribution in [0.5, 0.6) is 0 Å². The molecule has 4 atom stereocenters. The van der Waals surface area contributed by atoms with Gasteiger partial charge in [-0.1, -0.05) is 42.0 Å². The fourth-order valence-corrected chi connectivity index (χ4v) is 4.46. The fourth-order valence-electron chi connectivity index (χ4n) is 3.21. The minimum Gasteiger partial charge on any atom is -0.460 e. The maximum Gasteiger partial charge on any atom is 0.311 e. The molecule has 3 rings (SSSR count). The minimum atomic E-state index is -3.80. The van der Waals surface area contributed by atoms with Crippen LogP contribution in [-0.4, -0.2) is 31.7 Å². The Morgan fingerprint density at radius 3 is 2.43 bits per heavy atom. The molecule has 0 fully saturated rings. The van der Waals surface area contributed by atoms with Crippen molar-refractivity contribution in [2.75, 3.05) is 0 Å². The number of benzene rings is 2. The van der Waals surface area contributed by atoms with Gasteiger partial charge in [0.2, 0.25) is 10.0 Å². The van der Waals surface area contributed by atoms with E-state index in [1.807, 2.05) is 31.2 Å². The van der Waals surface area contributed by atoms with Crippen LogP contribution in [0, 0.1) is 12.8 Å². The molecule has 0 saturated carbocycles. The monoisotopic (exact) mass is 403 g/mol. The number of nitrogens with one attached hydrogen (secondary N) is 1. The van der Waals surface area contributed by atoms with Crippen molar-refractivity contribution in [1.82, 2.24) is 4.72 Å². The highest BCUT2D eigenvalue weighted by Crippen LogP contribution is 2.35. The van der Waals surface area contributed by atoms with Gasteiger partial charge in [-0.15, -0.1) is 0 Å². The van der Waals surface area contributed by atoms with Gasteiger partial charge >= 0.3 is 5.97 Å². The Labute approximate surface area is 165 Å². The molecule has 7 heteroatoms. The molecule has 1 aliphatic carbocycles. The van der Waals surface area contributed by atoms with E-state index in [0.29, 0.717) is 6.42 Å². The van der Waals surface area contributed by atoms with Gasteiger partial charge in [-0.2, -0.15) is 4.72 Å². The number of aryl methyl sites for hydroxylation is 1. The van der Waals surface area contributed by atoms with Crippen LogP contribution in [0.4, 0.5) is 0 Å². The molecule has 2 N–H and O–H groups in total. The zero-order valence-electron chi connectivity index (χ0n) is 16.1. The Morgan fingerprint density at radius 1 is 1.14 bits per heavy atom. The van der Waals surface area contributed by atoms with E-state index in [4.69, 9.17) is 4.74 Å². The lowest BCUT2D eigenvalue weighted by molar-refractivity contribution is -0.157. The maximum absolute atomic E-state index is 12.9. The SMILES string of the molecule is Cc1ccc(S(=O)(=O)N[C@@H]2c3ccccc3C[C@H]2OC(=O)[C@@H](C)[C@H](C)O)cc1. The van der Waals surface area contributed by atoms with Gasteiger partial charge < -0.3 is 9.84 Å². The summed E-state index contributed by atoms with van der Waals surface area (Å²) >= 11 is 0. The predicted octanol–water partition coefficient (Wildman–Crippen LogP) is 2.50. The van der Waals surface area contributed by atoms with E-state index in [-0.39, 0.29) is 4.90 Å². The molecule has 0 bridgehead atoms. The Kier molecular flexibility index (Phi) is 5.88. The van der Waals surface area contributed by atoms with Gasteiger partial charge in [0.05, 0.1) is 23.0 Å². The number of sulfonamides is 1. The van der Waals surface area contributed by atoms with Crippen LogP contribution >= 0.6 is 0 Å². The Hall–Kier alpha value is -2.22. The zero-order valence-corrected chi connectivity index (χ0v) is 16.9. The minimum absolute atomic E-state index is 0.157. The first-order chi connectivity index (χ1) is 13.2. The highest BCUT2D eigenvalue weighted by molar-refractivity contribution is 7.89. The molecule has 0 radical (unpaired) electrons. The zero-order chi connectivity index (χ0) is 20.5. The smallest absolute Gasteiger partial charge is 0.311 e. The second-order valence-corrected chi connectivity index (χ2v) is 9.03. The maximum atomic E-state index is 12.9. The molecule has 0 saturated heterocycles. The summed E-state index contributed by atoms with van der Waals surface area (Å²) in [5.41, 5.74) is 2.69. The van der Waals surface area contributed by atoms with E-state index < -0.39 is 40.2 Å². The molecule has 2 aromatic rings.